The van der Waals surface area contributed by atoms with E-state index in [9.17, 15) is 0 Å². The van der Waals surface area contributed by atoms with Crippen LogP contribution in [0.1, 0.15) is 28.2 Å². The fourth-order valence-corrected chi connectivity index (χ4v) is 2.78. The molecular weight excluding hydrogens is 236 g/mol. The highest BCUT2D eigenvalue weighted by Gasteiger charge is 2.17. The summed E-state index contributed by atoms with van der Waals surface area (Å²) in [5.74, 6) is 1.98. The van der Waals surface area contributed by atoms with E-state index in [4.69, 9.17) is 10.2 Å². The summed E-state index contributed by atoms with van der Waals surface area (Å²) in [6.07, 6.45) is 1.12. The van der Waals surface area contributed by atoms with Crippen molar-refractivity contribution in [3.8, 4) is 0 Å². The zero-order valence-corrected chi connectivity index (χ0v) is 11.4. The summed E-state index contributed by atoms with van der Waals surface area (Å²) in [5.41, 5.74) is 9.73. The smallest absolute Gasteiger partial charge is 0.118 e. The monoisotopic (exact) mass is 256 g/mol. The highest BCUT2D eigenvalue weighted by Crippen LogP contribution is 2.22. The summed E-state index contributed by atoms with van der Waals surface area (Å²) >= 11 is 0. The van der Waals surface area contributed by atoms with Crippen LogP contribution in [0.5, 0.6) is 0 Å². The molecule has 0 bridgehead atoms. The largest absolute Gasteiger partial charge is 0.465 e. The van der Waals surface area contributed by atoms with Gasteiger partial charge < -0.3 is 10.2 Å². The van der Waals surface area contributed by atoms with Crippen LogP contribution in [0, 0.1) is 6.92 Å². The van der Waals surface area contributed by atoms with Gasteiger partial charge >= 0.3 is 0 Å². The first-order valence-corrected chi connectivity index (χ1v) is 6.83. The second-order valence-corrected chi connectivity index (χ2v) is 5.23. The maximum atomic E-state index is 5.77. The lowest BCUT2D eigenvalue weighted by Gasteiger charge is -2.27. The average molecular weight is 256 g/mol. The van der Waals surface area contributed by atoms with Crippen molar-refractivity contribution in [2.45, 2.75) is 33.0 Å². The molecule has 0 fully saturated rings. The SMILES string of the molecule is Cc1oc(CN2CCc3ccccc3C2)cc1CN. The molecule has 0 saturated carbocycles. The van der Waals surface area contributed by atoms with E-state index in [2.05, 4.69) is 35.2 Å². The molecular formula is C16H20N2O. The van der Waals surface area contributed by atoms with Gasteiger partial charge in [-0.05, 0) is 30.5 Å². The van der Waals surface area contributed by atoms with E-state index in [1.54, 1.807) is 0 Å². The Morgan fingerprint density at radius 1 is 1.26 bits per heavy atom. The number of hydrogen-bond donors (Lipinski definition) is 1. The Balaban J connectivity index is 1.71. The number of nitrogens with two attached hydrogens (primary N) is 1. The molecule has 2 heterocycles. The van der Waals surface area contributed by atoms with Crippen molar-refractivity contribution in [3.05, 3.63) is 58.5 Å². The number of nitrogens with zero attached hydrogens (tertiary/aromatic N) is 1. The van der Waals surface area contributed by atoms with Crippen LogP contribution >= 0.6 is 0 Å². The zero-order chi connectivity index (χ0) is 13.2. The molecule has 2 aromatic rings. The molecule has 1 aliphatic heterocycles. The molecule has 19 heavy (non-hydrogen) atoms. The third-order valence-electron chi connectivity index (χ3n) is 3.88. The van der Waals surface area contributed by atoms with Crippen molar-refractivity contribution < 1.29 is 4.42 Å². The Morgan fingerprint density at radius 2 is 2.05 bits per heavy atom. The summed E-state index contributed by atoms with van der Waals surface area (Å²) in [4.78, 5) is 2.43. The van der Waals surface area contributed by atoms with Crippen molar-refractivity contribution >= 4 is 0 Å². The molecule has 100 valence electrons. The molecule has 2 N–H and O–H groups in total. The Morgan fingerprint density at radius 3 is 2.79 bits per heavy atom. The third-order valence-corrected chi connectivity index (χ3v) is 3.88. The quantitative estimate of drug-likeness (QED) is 0.918. The molecule has 0 spiro atoms. The molecule has 1 aliphatic rings. The van der Waals surface area contributed by atoms with Crippen molar-refractivity contribution in [2.24, 2.45) is 5.73 Å². The van der Waals surface area contributed by atoms with Gasteiger partial charge in [-0.25, -0.2) is 0 Å². The summed E-state index contributed by atoms with van der Waals surface area (Å²) in [5, 5.41) is 0. The second kappa shape index (κ2) is 5.19. The minimum absolute atomic E-state index is 0.554. The molecule has 3 heteroatoms. The van der Waals surface area contributed by atoms with Crippen LogP contribution in [0.15, 0.2) is 34.7 Å². The maximum Gasteiger partial charge on any atom is 0.118 e. The lowest BCUT2D eigenvalue weighted by Crippen LogP contribution is -2.29. The molecule has 3 rings (SSSR count). The topological polar surface area (TPSA) is 42.4 Å². The highest BCUT2D eigenvalue weighted by atomic mass is 16.3. The van der Waals surface area contributed by atoms with E-state index in [1.165, 1.54) is 11.1 Å². The van der Waals surface area contributed by atoms with Crippen LogP contribution in [0.4, 0.5) is 0 Å². The van der Waals surface area contributed by atoms with Gasteiger partial charge in [-0.2, -0.15) is 0 Å². The molecule has 0 saturated heterocycles. The third kappa shape index (κ3) is 2.57. The maximum absolute atomic E-state index is 5.77. The Kier molecular flexibility index (Phi) is 3.40. The van der Waals surface area contributed by atoms with E-state index >= 15 is 0 Å². The van der Waals surface area contributed by atoms with Crippen LogP contribution in [0.2, 0.25) is 0 Å². The minimum Gasteiger partial charge on any atom is -0.465 e. The first-order chi connectivity index (χ1) is 9.26. The lowest BCUT2D eigenvalue weighted by molar-refractivity contribution is 0.224. The van der Waals surface area contributed by atoms with Gasteiger partial charge in [0.15, 0.2) is 0 Å². The summed E-state index contributed by atoms with van der Waals surface area (Å²) in [6.45, 7) is 5.51. The van der Waals surface area contributed by atoms with Gasteiger partial charge in [0.1, 0.15) is 11.5 Å². The molecule has 1 aromatic heterocycles. The van der Waals surface area contributed by atoms with E-state index in [0.717, 1.165) is 43.1 Å². The van der Waals surface area contributed by atoms with Crippen molar-refractivity contribution in [3.63, 3.8) is 0 Å². The first-order valence-electron chi connectivity index (χ1n) is 6.83. The summed E-state index contributed by atoms with van der Waals surface area (Å²) < 4.78 is 5.77. The molecule has 3 nitrogen and oxygen atoms in total. The lowest BCUT2D eigenvalue weighted by atomic mass is 10.00. The van der Waals surface area contributed by atoms with Crippen LogP contribution in [-0.4, -0.2) is 11.4 Å². The second-order valence-electron chi connectivity index (χ2n) is 5.23. The standard InChI is InChI=1S/C16H20N2O/c1-12-15(9-17)8-16(19-12)11-18-7-6-13-4-2-3-5-14(13)10-18/h2-5,8H,6-7,9-11,17H2,1H3. The molecule has 0 aliphatic carbocycles. The normalized spacial score (nSPS) is 15.5. The van der Waals surface area contributed by atoms with E-state index < -0.39 is 0 Å². The number of furan rings is 1. The van der Waals surface area contributed by atoms with Crippen LogP contribution < -0.4 is 5.73 Å². The number of aryl methyl sites for hydroxylation is 1. The number of hydrogen-bond acceptors (Lipinski definition) is 3. The Bertz CT molecular complexity index is 574. The van der Waals surface area contributed by atoms with Crippen LogP contribution in [-0.2, 0) is 26.1 Å². The Labute approximate surface area is 114 Å². The van der Waals surface area contributed by atoms with Gasteiger partial charge in [-0.1, -0.05) is 24.3 Å². The van der Waals surface area contributed by atoms with E-state index in [0.29, 0.717) is 6.54 Å². The zero-order valence-electron chi connectivity index (χ0n) is 11.4. The summed E-state index contributed by atoms with van der Waals surface area (Å²) in [7, 11) is 0. The van der Waals surface area contributed by atoms with Gasteiger partial charge in [0, 0.05) is 25.2 Å². The average Bonchev–Trinajstić information content (AvgIpc) is 2.78. The van der Waals surface area contributed by atoms with Gasteiger partial charge in [0.2, 0.25) is 0 Å². The number of benzene rings is 1. The highest BCUT2D eigenvalue weighted by molar-refractivity contribution is 5.29. The Hall–Kier alpha value is -1.58. The van der Waals surface area contributed by atoms with Crippen molar-refractivity contribution in [1.29, 1.82) is 0 Å². The van der Waals surface area contributed by atoms with E-state index in [-0.39, 0.29) is 0 Å². The van der Waals surface area contributed by atoms with Gasteiger partial charge in [0.25, 0.3) is 0 Å². The van der Waals surface area contributed by atoms with Gasteiger partial charge in [-0.15, -0.1) is 0 Å². The van der Waals surface area contributed by atoms with Crippen LogP contribution in [0.3, 0.4) is 0 Å². The van der Waals surface area contributed by atoms with Crippen LogP contribution in [0.25, 0.3) is 0 Å². The number of fused-ring (bicyclic) bond motifs is 1. The van der Waals surface area contributed by atoms with E-state index in [1.807, 2.05) is 6.92 Å². The molecule has 1 aromatic carbocycles. The summed E-state index contributed by atoms with van der Waals surface area (Å²) in [6, 6.07) is 10.8. The van der Waals surface area contributed by atoms with Gasteiger partial charge in [0.05, 0.1) is 6.54 Å². The van der Waals surface area contributed by atoms with Crippen molar-refractivity contribution in [2.75, 3.05) is 6.54 Å². The fourth-order valence-electron chi connectivity index (χ4n) is 2.78. The molecule has 0 amide bonds. The number of rotatable bonds is 3. The molecule has 0 unspecified atom stereocenters. The molecule has 0 atom stereocenters. The minimum atomic E-state index is 0.554. The predicted molar refractivity (Wildman–Crippen MR) is 75.6 cm³/mol. The first kappa shape index (κ1) is 12.5. The van der Waals surface area contributed by atoms with Gasteiger partial charge in [-0.3, -0.25) is 4.90 Å². The molecule has 0 radical (unpaired) electrons. The fraction of sp³-hybridized carbons (Fsp3) is 0.375. The predicted octanol–water partition coefficient (Wildman–Crippen LogP) is 2.61. The van der Waals surface area contributed by atoms with Crippen molar-refractivity contribution in [1.82, 2.24) is 4.90 Å².